The highest BCUT2D eigenvalue weighted by atomic mass is 32.1. The van der Waals surface area contributed by atoms with Gasteiger partial charge in [-0.3, -0.25) is 9.59 Å². The predicted molar refractivity (Wildman–Crippen MR) is 76.9 cm³/mol. The Morgan fingerprint density at radius 2 is 1.84 bits per heavy atom. The van der Waals surface area contributed by atoms with E-state index < -0.39 is 0 Å². The van der Waals surface area contributed by atoms with E-state index in [4.69, 9.17) is 0 Å². The van der Waals surface area contributed by atoms with Gasteiger partial charge in [0, 0.05) is 13.0 Å². The maximum absolute atomic E-state index is 12.1. The van der Waals surface area contributed by atoms with E-state index in [2.05, 4.69) is 5.32 Å². The Morgan fingerprint density at radius 1 is 1.11 bits per heavy atom. The normalized spacial score (nSPS) is 11.1. The molecule has 0 saturated carbocycles. The van der Waals surface area contributed by atoms with E-state index in [9.17, 15) is 9.59 Å². The predicted octanol–water partition coefficient (Wildman–Crippen LogP) is 3.11. The lowest BCUT2D eigenvalue weighted by Gasteiger charge is -2.07. The smallest absolute Gasteiger partial charge is 0.221 e. The third kappa shape index (κ3) is 3.63. The van der Waals surface area contributed by atoms with Crippen molar-refractivity contribution in [1.29, 1.82) is 0 Å². The molecule has 0 atom stereocenters. The van der Waals surface area contributed by atoms with Crippen LogP contribution in [0.15, 0.2) is 53.9 Å². The number of carbonyl (C=O) groups is 2. The molecule has 1 N–H and O–H groups in total. The summed E-state index contributed by atoms with van der Waals surface area (Å²) in [6, 6.07) is 12.9. The van der Waals surface area contributed by atoms with Crippen LogP contribution in [0.3, 0.4) is 0 Å². The van der Waals surface area contributed by atoms with Gasteiger partial charge in [-0.25, -0.2) is 0 Å². The first kappa shape index (κ1) is 13.2. The highest BCUT2D eigenvalue weighted by molar-refractivity contribution is 7.12. The molecule has 2 rings (SSSR count). The van der Waals surface area contributed by atoms with Gasteiger partial charge in [-0.2, -0.15) is 0 Å². The molecule has 0 aliphatic carbocycles. The van der Waals surface area contributed by atoms with E-state index in [1.165, 1.54) is 24.3 Å². The number of rotatable bonds is 4. The Labute approximate surface area is 115 Å². The maximum atomic E-state index is 12.1. The van der Waals surface area contributed by atoms with Gasteiger partial charge >= 0.3 is 0 Å². The first-order valence-corrected chi connectivity index (χ1v) is 6.67. The van der Waals surface area contributed by atoms with E-state index in [1.807, 2.05) is 41.8 Å². The number of hydrogen-bond acceptors (Lipinski definition) is 3. The van der Waals surface area contributed by atoms with Crippen molar-refractivity contribution in [3.63, 3.8) is 0 Å². The van der Waals surface area contributed by atoms with Crippen LogP contribution in [0, 0.1) is 0 Å². The number of hydrogen-bond donors (Lipinski definition) is 1. The average molecular weight is 271 g/mol. The van der Waals surface area contributed by atoms with E-state index in [0.29, 0.717) is 10.6 Å². The molecule has 96 valence electrons. The van der Waals surface area contributed by atoms with E-state index >= 15 is 0 Å². The zero-order valence-electron chi connectivity index (χ0n) is 10.4. The van der Waals surface area contributed by atoms with Crippen LogP contribution in [0.5, 0.6) is 0 Å². The third-order valence-corrected chi connectivity index (χ3v) is 3.32. The van der Waals surface area contributed by atoms with Gasteiger partial charge in [0.1, 0.15) is 0 Å². The summed E-state index contributed by atoms with van der Waals surface area (Å²) >= 11 is 1.38. The highest BCUT2D eigenvalue weighted by Crippen LogP contribution is 2.15. The lowest BCUT2D eigenvalue weighted by atomic mass is 10.1. The van der Waals surface area contributed by atoms with Crippen molar-refractivity contribution >= 4 is 28.7 Å². The van der Waals surface area contributed by atoms with Gasteiger partial charge in [-0.15, -0.1) is 11.3 Å². The first-order valence-electron chi connectivity index (χ1n) is 5.79. The number of carbonyl (C=O) groups excluding carboxylic acids is 2. The van der Waals surface area contributed by atoms with Crippen molar-refractivity contribution in [2.75, 3.05) is 0 Å². The number of benzene rings is 1. The summed E-state index contributed by atoms with van der Waals surface area (Å²) in [5, 5.41) is 4.54. The van der Waals surface area contributed by atoms with Crippen LogP contribution in [0.25, 0.3) is 5.70 Å². The lowest BCUT2D eigenvalue weighted by molar-refractivity contribution is -0.117. The summed E-state index contributed by atoms with van der Waals surface area (Å²) in [5.74, 6) is -0.309. The zero-order valence-corrected chi connectivity index (χ0v) is 11.2. The molecule has 0 unspecified atom stereocenters. The molecule has 3 nitrogen and oxygen atoms in total. The molecule has 19 heavy (non-hydrogen) atoms. The van der Waals surface area contributed by atoms with Gasteiger partial charge in [0.15, 0.2) is 5.78 Å². The Bertz CT molecular complexity index is 600. The molecule has 1 amide bonds. The molecule has 1 aromatic heterocycles. The number of ketones is 1. The van der Waals surface area contributed by atoms with Crippen molar-refractivity contribution in [3.05, 3.63) is 64.4 Å². The van der Waals surface area contributed by atoms with Crippen molar-refractivity contribution in [1.82, 2.24) is 5.32 Å². The fraction of sp³-hybridized carbons (Fsp3) is 0.0667. The summed E-state index contributed by atoms with van der Waals surface area (Å²) in [5.41, 5.74) is 1.33. The van der Waals surface area contributed by atoms with Crippen LogP contribution in [0.4, 0.5) is 0 Å². The van der Waals surface area contributed by atoms with Crippen LogP contribution in [-0.2, 0) is 4.79 Å². The Morgan fingerprint density at radius 3 is 2.42 bits per heavy atom. The second-order valence-electron chi connectivity index (χ2n) is 3.95. The van der Waals surface area contributed by atoms with Gasteiger partial charge in [0.25, 0.3) is 0 Å². The van der Waals surface area contributed by atoms with Crippen LogP contribution in [0.1, 0.15) is 22.2 Å². The SMILES string of the molecule is CC(=O)N/C(=C\C(=O)c1cccs1)c1ccccc1. The first-order chi connectivity index (χ1) is 9.16. The molecule has 1 heterocycles. The number of thiophene rings is 1. The number of allylic oxidation sites excluding steroid dienone is 1. The van der Waals surface area contributed by atoms with E-state index in [1.54, 1.807) is 6.07 Å². The molecule has 0 saturated heterocycles. The summed E-state index contributed by atoms with van der Waals surface area (Å²) in [4.78, 5) is 23.9. The summed E-state index contributed by atoms with van der Waals surface area (Å²) < 4.78 is 0. The van der Waals surface area contributed by atoms with Crippen molar-refractivity contribution in [3.8, 4) is 0 Å². The van der Waals surface area contributed by atoms with Crippen molar-refractivity contribution in [2.24, 2.45) is 0 Å². The minimum absolute atomic E-state index is 0.109. The van der Waals surface area contributed by atoms with Gasteiger partial charge in [-0.1, -0.05) is 36.4 Å². The number of amides is 1. The van der Waals surface area contributed by atoms with Crippen LogP contribution in [0.2, 0.25) is 0 Å². The molecular formula is C15H13NO2S. The Balaban J connectivity index is 2.33. The molecular weight excluding hydrogens is 258 g/mol. The summed E-state index contributed by atoms with van der Waals surface area (Å²) in [7, 11) is 0. The highest BCUT2D eigenvalue weighted by Gasteiger charge is 2.08. The summed E-state index contributed by atoms with van der Waals surface area (Å²) in [6.07, 6.45) is 1.46. The zero-order chi connectivity index (χ0) is 13.7. The molecule has 0 spiro atoms. The molecule has 4 heteroatoms. The molecule has 2 aromatic rings. The maximum Gasteiger partial charge on any atom is 0.221 e. The largest absolute Gasteiger partial charge is 0.326 e. The van der Waals surface area contributed by atoms with Crippen molar-refractivity contribution < 1.29 is 9.59 Å². The molecule has 0 fully saturated rings. The fourth-order valence-electron chi connectivity index (χ4n) is 1.62. The molecule has 1 aromatic carbocycles. The van der Waals surface area contributed by atoms with Crippen LogP contribution >= 0.6 is 11.3 Å². The standard InChI is InChI=1S/C15H13NO2S/c1-11(17)16-13(12-6-3-2-4-7-12)10-14(18)15-8-5-9-19-15/h2-10H,1H3,(H,16,17)/b13-10-. The van der Waals surface area contributed by atoms with Crippen LogP contribution < -0.4 is 5.32 Å². The fourth-order valence-corrected chi connectivity index (χ4v) is 2.26. The number of nitrogens with one attached hydrogen (secondary N) is 1. The van der Waals surface area contributed by atoms with Gasteiger partial charge in [0.2, 0.25) is 5.91 Å². The molecule has 0 bridgehead atoms. The Hall–Kier alpha value is -2.20. The van der Waals surface area contributed by atoms with Gasteiger partial charge < -0.3 is 5.32 Å². The quantitative estimate of drug-likeness (QED) is 0.686. The van der Waals surface area contributed by atoms with Gasteiger partial charge in [-0.05, 0) is 17.0 Å². The molecule has 0 aliphatic heterocycles. The van der Waals surface area contributed by atoms with E-state index in [-0.39, 0.29) is 11.7 Å². The van der Waals surface area contributed by atoms with E-state index in [0.717, 1.165) is 5.56 Å². The topological polar surface area (TPSA) is 46.2 Å². The lowest BCUT2D eigenvalue weighted by Crippen LogP contribution is -2.19. The second kappa shape index (κ2) is 6.11. The monoisotopic (exact) mass is 271 g/mol. The summed E-state index contributed by atoms with van der Waals surface area (Å²) in [6.45, 7) is 1.42. The van der Waals surface area contributed by atoms with Crippen molar-refractivity contribution in [2.45, 2.75) is 6.92 Å². The van der Waals surface area contributed by atoms with Gasteiger partial charge in [0.05, 0.1) is 10.6 Å². The third-order valence-electron chi connectivity index (χ3n) is 2.43. The molecule has 0 radical (unpaired) electrons. The van der Waals surface area contributed by atoms with Crippen LogP contribution in [-0.4, -0.2) is 11.7 Å². The minimum atomic E-state index is -0.200. The minimum Gasteiger partial charge on any atom is -0.326 e. The average Bonchev–Trinajstić information content (AvgIpc) is 2.92. The molecule has 0 aliphatic rings. The second-order valence-corrected chi connectivity index (χ2v) is 4.89. The Kier molecular flexibility index (Phi) is 4.26.